The molecule has 1 aromatic rings. The van der Waals surface area contributed by atoms with Crippen LogP contribution in [-0.2, 0) is 11.3 Å². The Morgan fingerprint density at radius 3 is 2.39 bits per heavy atom. The second-order valence-corrected chi connectivity index (χ2v) is 3.99. The van der Waals surface area contributed by atoms with E-state index in [9.17, 15) is 9.59 Å². The van der Waals surface area contributed by atoms with Gasteiger partial charge in [-0.1, -0.05) is 12.1 Å². The van der Waals surface area contributed by atoms with Gasteiger partial charge in [-0.05, 0) is 24.6 Å². The minimum absolute atomic E-state index is 0.0157. The first-order valence-electron chi connectivity index (χ1n) is 5.89. The summed E-state index contributed by atoms with van der Waals surface area (Å²) < 4.78 is 0. The van der Waals surface area contributed by atoms with Crippen molar-refractivity contribution in [3.05, 3.63) is 35.4 Å². The zero-order valence-electron chi connectivity index (χ0n) is 10.8. The summed E-state index contributed by atoms with van der Waals surface area (Å²) in [7, 11) is 1.70. The summed E-state index contributed by atoms with van der Waals surface area (Å²) in [5, 5.41) is 2.59. The molecule has 0 aliphatic rings. The van der Waals surface area contributed by atoms with E-state index in [0.29, 0.717) is 18.7 Å². The number of carbonyl (C=O) groups excluding carboxylic acids is 2. The SMILES string of the molecule is CCN(C)C(=O)CNC(=O)c1ccc(CN)cc1. The Bertz CT molecular complexity index is 415. The Balaban J connectivity index is 2.52. The highest BCUT2D eigenvalue weighted by atomic mass is 16.2. The van der Waals surface area contributed by atoms with Gasteiger partial charge in [-0.15, -0.1) is 0 Å². The van der Waals surface area contributed by atoms with Crippen molar-refractivity contribution in [2.24, 2.45) is 5.73 Å². The molecule has 0 bridgehead atoms. The molecule has 0 spiro atoms. The van der Waals surface area contributed by atoms with Crippen molar-refractivity contribution in [2.45, 2.75) is 13.5 Å². The van der Waals surface area contributed by atoms with E-state index in [1.54, 1.807) is 36.2 Å². The maximum absolute atomic E-state index is 11.7. The van der Waals surface area contributed by atoms with Gasteiger partial charge in [0.2, 0.25) is 5.91 Å². The lowest BCUT2D eigenvalue weighted by molar-refractivity contribution is -0.128. The van der Waals surface area contributed by atoms with Crippen LogP contribution in [0, 0.1) is 0 Å². The highest BCUT2D eigenvalue weighted by Crippen LogP contribution is 2.03. The van der Waals surface area contributed by atoms with Crippen molar-refractivity contribution in [1.82, 2.24) is 10.2 Å². The van der Waals surface area contributed by atoms with Crippen molar-refractivity contribution in [1.29, 1.82) is 0 Å². The van der Waals surface area contributed by atoms with Crippen LogP contribution in [0.4, 0.5) is 0 Å². The Hall–Kier alpha value is -1.88. The average molecular weight is 249 g/mol. The van der Waals surface area contributed by atoms with Crippen LogP contribution in [0.3, 0.4) is 0 Å². The maximum Gasteiger partial charge on any atom is 0.251 e. The van der Waals surface area contributed by atoms with Crippen molar-refractivity contribution in [3.8, 4) is 0 Å². The largest absolute Gasteiger partial charge is 0.345 e. The number of hydrogen-bond acceptors (Lipinski definition) is 3. The highest BCUT2D eigenvalue weighted by molar-refractivity contribution is 5.96. The molecule has 18 heavy (non-hydrogen) atoms. The summed E-state index contributed by atoms with van der Waals surface area (Å²) in [5.41, 5.74) is 6.97. The maximum atomic E-state index is 11.7. The second kappa shape index (κ2) is 6.76. The van der Waals surface area contributed by atoms with E-state index < -0.39 is 0 Å². The summed E-state index contributed by atoms with van der Waals surface area (Å²) in [4.78, 5) is 24.8. The lowest BCUT2D eigenvalue weighted by Gasteiger charge is -2.14. The quantitative estimate of drug-likeness (QED) is 0.791. The highest BCUT2D eigenvalue weighted by Gasteiger charge is 2.10. The van der Waals surface area contributed by atoms with Crippen LogP contribution < -0.4 is 11.1 Å². The summed E-state index contributed by atoms with van der Waals surface area (Å²) in [6.07, 6.45) is 0. The van der Waals surface area contributed by atoms with E-state index in [2.05, 4.69) is 5.32 Å². The third kappa shape index (κ3) is 3.85. The first-order chi connectivity index (χ1) is 8.58. The predicted octanol–water partition coefficient (Wildman–Crippen LogP) is 0.353. The van der Waals surface area contributed by atoms with Crippen LogP contribution in [0.1, 0.15) is 22.8 Å². The first kappa shape index (κ1) is 14.2. The van der Waals surface area contributed by atoms with Gasteiger partial charge < -0.3 is 16.0 Å². The molecule has 0 unspecified atom stereocenters. The third-order valence-corrected chi connectivity index (χ3v) is 2.75. The zero-order chi connectivity index (χ0) is 13.5. The summed E-state index contributed by atoms with van der Waals surface area (Å²) in [6, 6.07) is 7.00. The van der Waals surface area contributed by atoms with Gasteiger partial charge in [0.05, 0.1) is 6.54 Å². The van der Waals surface area contributed by atoms with Gasteiger partial charge in [-0.25, -0.2) is 0 Å². The molecular formula is C13H19N3O2. The van der Waals surface area contributed by atoms with Crippen LogP contribution in [0.2, 0.25) is 0 Å². The number of nitrogens with zero attached hydrogens (tertiary/aromatic N) is 1. The molecule has 0 aliphatic carbocycles. The zero-order valence-corrected chi connectivity index (χ0v) is 10.8. The molecule has 0 radical (unpaired) electrons. The molecule has 0 saturated carbocycles. The summed E-state index contributed by atoms with van der Waals surface area (Å²) in [6.45, 7) is 2.97. The number of carbonyl (C=O) groups is 2. The van der Waals surface area contributed by atoms with E-state index in [1.165, 1.54) is 0 Å². The summed E-state index contributed by atoms with van der Waals surface area (Å²) in [5.74, 6) is -0.360. The smallest absolute Gasteiger partial charge is 0.251 e. The Morgan fingerprint density at radius 2 is 1.89 bits per heavy atom. The average Bonchev–Trinajstić information content (AvgIpc) is 2.43. The van der Waals surface area contributed by atoms with Crippen molar-refractivity contribution in [2.75, 3.05) is 20.1 Å². The van der Waals surface area contributed by atoms with Crippen molar-refractivity contribution < 1.29 is 9.59 Å². The Morgan fingerprint density at radius 1 is 1.28 bits per heavy atom. The van der Waals surface area contributed by atoms with Gasteiger partial charge in [0, 0.05) is 25.7 Å². The standard InChI is InChI=1S/C13H19N3O2/c1-3-16(2)12(17)9-15-13(18)11-6-4-10(8-14)5-7-11/h4-7H,3,8-9,14H2,1-2H3,(H,15,18). The van der Waals surface area contributed by atoms with Crippen molar-refractivity contribution >= 4 is 11.8 Å². The molecule has 0 saturated heterocycles. The molecular weight excluding hydrogens is 230 g/mol. The number of amides is 2. The second-order valence-electron chi connectivity index (χ2n) is 3.99. The van der Waals surface area contributed by atoms with E-state index in [1.807, 2.05) is 6.92 Å². The monoisotopic (exact) mass is 249 g/mol. The van der Waals surface area contributed by atoms with Gasteiger partial charge in [-0.3, -0.25) is 9.59 Å². The van der Waals surface area contributed by atoms with Crippen LogP contribution >= 0.6 is 0 Å². The third-order valence-electron chi connectivity index (χ3n) is 2.75. The van der Waals surface area contributed by atoms with Crippen LogP contribution in [-0.4, -0.2) is 36.9 Å². The molecule has 1 aromatic carbocycles. The van der Waals surface area contributed by atoms with Gasteiger partial charge >= 0.3 is 0 Å². The number of rotatable bonds is 5. The minimum atomic E-state index is -0.253. The fourth-order valence-electron chi connectivity index (χ4n) is 1.36. The van der Waals surface area contributed by atoms with Crippen LogP contribution in [0.15, 0.2) is 24.3 Å². The molecule has 2 amide bonds. The Kier molecular flexibility index (Phi) is 5.32. The molecule has 0 aliphatic heterocycles. The minimum Gasteiger partial charge on any atom is -0.345 e. The van der Waals surface area contributed by atoms with Gasteiger partial charge in [-0.2, -0.15) is 0 Å². The van der Waals surface area contributed by atoms with Gasteiger partial charge in [0.15, 0.2) is 0 Å². The Labute approximate surface area is 107 Å². The van der Waals surface area contributed by atoms with Crippen LogP contribution in [0.5, 0.6) is 0 Å². The molecule has 1 rings (SSSR count). The molecule has 5 nitrogen and oxygen atoms in total. The molecule has 0 atom stereocenters. The van der Waals surface area contributed by atoms with Crippen LogP contribution in [0.25, 0.3) is 0 Å². The lowest BCUT2D eigenvalue weighted by atomic mass is 10.1. The molecule has 0 fully saturated rings. The topological polar surface area (TPSA) is 75.4 Å². The number of hydrogen-bond donors (Lipinski definition) is 2. The number of likely N-dealkylation sites (N-methyl/N-ethyl adjacent to an activating group) is 1. The molecule has 98 valence electrons. The number of nitrogens with one attached hydrogen (secondary N) is 1. The molecule has 3 N–H and O–H groups in total. The van der Waals surface area contributed by atoms with E-state index >= 15 is 0 Å². The number of nitrogens with two attached hydrogens (primary N) is 1. The lowest BCUT2D eigenvalue weighted by Crippen LogP contribution is -2.37. The first-order valence-corrected chi connectivity index (χ1v) is 5.89. The van der Waals surface area contributed by atoms with Crippen molar-refractivity contribution in [3.63, 3.8) is 0 Å². The fourth-order valence-corrected chi connectivity index (χ4v) is 1.36. The van der Waals surface area contributed by atoms with Gasteiger partial charge in [0.1, 0.15) is 0 Å². The normalized spacial score (nSPS) is 9.94. The predicted molar refractivity (Wildman–Crippen MR) is 70.0 cm³/mol. The fraction of sp³-hybridized carbons (Fsp3) is 0.385. The molecule has 0 aromatic heterocycles. The summed E-state index contributed by atoms with van der Waals surface area (Å²) >= 11 is 0. The van der Waals surface area contributed by atoms with E-state index in [0.717, 1.165) is 5.56 Å². The van der Waals surface area contributed by atoms with E-state index in [4.69, 9.17) is 5.73 Å². The molecule has 0 heterocycles. The van der Waals surface area contributed by atoms with E-state index in [-0.39, 0.29) is 18.4 Å². The number of benzene rings is 1. The van der Waals surface area contributed by atoms with Gasteiger partial charge in [0.25, 0.3) is 5.91 Å². The molecule has 5 heteroatoms.